The maximum atomic E-state index is 12.4. The smallest absolute Gasteiger partial charge is 0.256 e. The molecule has 138 valence electrons. The summed E-state index contributed by atoms with van der Waals surface area (Å²) in [6, 6.07) is 16.6. The summed E-state index contributed by atoms with van der Waals surface area (Å²) >= 11 is 0. The molecule has 0 bridgehead atoms. The first kappa shape index (κ1) is 18.3. The van der Waals surface area contributed by atoms with E-state index in [0.717, 1.165) is 16.9 Å². The van der Waals surface area contributed by atoms with E-state index in [2.05, 4.69) is 15.6 Å². The van der Waals surface area contributed by atoms with Crippen LogP contribution in [0.3, 0.4) is 0 Å². The van der Waals surface area contributed by atoms with Gasteiger partial charge in [0, 0.05) is 11.3 Å². The molecule has 0 aliphatic heterocycles. The number of pyridine rings is 1. The number of nitrogens with zero attached hydrogens (tertiary/aromatic N) is 1. The van der Waals surface area contributed by atoms with Crippen LogP contribution >= 0.6 is 0 Å². The summed E-state index contributed by atoms with van der Waals surface area (Å²) in [6.45, 7) is 2.04. The third kappa shape index (κ3) is 4.36. The lowest BCUT2D eigenvalue weighted by Crippen LogP contribution is -2.13. The van der Waals surface area contributed by atoms with Gasteiger partial charge in [0.25, 0.3) is 5.91 Å². The van der Waals surface area contributed by atoms with E-state index in [1.165, 1.54) is 7.11 Å². The fourth-order valence-corrected chi connectivity index (χ4v) is 2.58. The molecule has 0 fully saturated rings. The molecule has 0 spiro atoms. The average molecular weight is 363 g/mol. The zero-order valence-electron chi connectivity index (χ0n) is 15.4. The van der Waals surface area contributed by atoms with Crippen molar-refractivity contribution in [1.82, 2.24) is 4.98 Å². The van der Waals surface area contributed by atoms with Gasteiger partial charge in [0.15, 0.2) is 11.5 Å². The van der Waals surface area contributed by atoms with Crippen molar-refractivity contribution in [2.24, 2.45) is 0 Å². The molecule has 0 saturated carbocycles. The number of methoxy groups -OCH3 is 2. The summed E-state index contributed by atoms with van der Waals surface area (Å²) in [5.74, 6) is 1.25. The molecule has 6 nitrogen and oxygen atoms in total. The maximum absolute atomic E-state index is 12.4. The molecule has 27 heavy (non-hydrogen) atoms. The molecule has 0 aliphatic carbocycles. The van der Waals surface area contributed by atoms with Gasteiger partial charge in [-0.2, -0.15) is 0 Å². The number of hydrogen-bond acceptors (Lipinski definition) is 5. The minimum atomic E-state index is -0.275. The Bertz CT molecular complexity index is 940. The van der Waals surface area contributed by atoms with Crippen molar-refractivity contribution >= 4 is 23.1 Å². The molecule has 3 rings (SSSR count). The van der Waals surface area contributed by atoms with E-state index in [1.807, 2.05) is 37.3 Å². The van der Waals surface area contributed by atoms with Gasteiger partial charge in [0.2, 0.25) is 0 Å². The lowest BCUT2D eigenvalue weighted by atomic mass is 10.2. The second kappa shape index (κ2) is 8.23. The first-order valence-electron chi connectivity index (χ1n) is 8.43. The van der Waals surface area contributed by atoms with Crippen molar-refractivity contribution in [1.29, 1.82) is 0 Å². The highest BCUT2D eigenvalue weighted by Gasteiger charge is 2.11. The topological polar surface area (TPSA) is 72.5 Å². The lowest BCUT2D eigenvalue weighted by molar-refractivity contribution is 0.102. The molecule has 1 amide bonds. The normalized spacial score (nSPS) is 10.2. The molecular weight excluding hydrogens is 342 g/mol. The Morgan fingerprint density at radius 2 is 1.74 bits per heavy atom. The number of rotatable bonds is 6. The van der Waals surface area contributed by atoms with Crippen LogP contribution in [0.4, 0.5) is 17.2 Å². The van der Waals surface area contributed by atoms with E-state index >= 15 is 0 Å². The van der Waals surface area contributed by atoms with Crippen LogP contribution in [0.2, 0.25) is 0 Å². The molecule has 2 aromatic carbocycles. The van der Waals surface area contributed by atoms with Crippen LogP contribution < -0.4 is 20.1 Å². The van der Waals surface area contributed by atoms with Crippen LogP contribution in [0.15, 0.2) is 60.8 Å². The number of amides is 1. The first-order chi connectivity index (χ1) is 13.1. The summed E-state index contributed by atoms with van der Waals surface area (Å²) in [4.78, 5) is 16.7. The first-order valence-corrected chi connectivity index (χ1v) is 8.43. The summed E-state index contributed by atoms with van der Waals surface area (Å²) in [6.07, 6.45) is 1.68. The van der Waals surface area contributed by atoms with Crippen LogP contribution in [0.5, 0.6) is 11.5 Å². The molecule has 2 N–H and O–H groups in total. The highest BCUT2D eigenvalue weighted by atomic mass is 16.5. The lowest BCUT2D eigenvalue weighted by Gasteiger charge is -2.11. The zero-order chi connectivity index (χ0) is 19.2. The average Bonchev–Trinajstić information content (AvgIpc) is 2.70. The largest absolute Gasteiger partial charge is 0.493 e. The van der Waals surface area contributed by atoms with Crippen LogP contribution in [-0.4, -0.2) is 25.1 Å². The Morgan fingerprint density at radius 3 is 2.41 bits per heavy atom. The Labute approximate surface area is 158 Å². The number of benzene rings is 2. The van der Waals surface area contributed by atoms with Crippen molar-refractivity contribution in [3.05, 3.63) is 71.9 Å². The minimum absolute atomic E-state index is 0.275. The maximum Gasteiger partial charge on any atom is 0.256 e. The predicted octanol–water partition coefficient (Wildman–Crippen LogP) is 4.40. The number of para-hydroxylation sites is 1. The highest BCUT2D eigenvalue weighted by molar-refractivity contribution is 6.04. The summed E-state index contributed by atoms with van der Waals surface area (Å²) in [7, 11) is 3.08. The Balaban J connectivity index is 1.69. The number of anilines is 3. The van der Waals surface area contributed by atoms with Crippen molar-refractivity contribution in [2.45, 2.75) is 6.92 Å². The van der Waals surface area contributed by atoms with Crippen LogP contribution in [0, 0.1) is 6.92 Å². The molecule has 0 atom stereocenters. The van der Waals surface area contributed by atoms with Crippen molar-refractivity contribution in [2.75, 3.05) is 24.9 Å². The van der Waals surface area contributed by atoms with Crippen LogP contribution in [0.1, 0.15) is 15.9 Å². The summed E-state index contributed by atoms with van der Waals surface area (Å²) < 4.78 is 10.4. The molecule has 6 heteroatoms. The monoisotopic (exact) mass is 363 g/mol. The molecule has 3 aromatic rings. The number of aryl methyl sites for hydroxylation is 1. The number of carbonyl (C=O) groups is 1. The third-order valence-electron chi connectivity index (χ3n) is 4.07. The van der Waals surface area contributed by atoms with Gasteiger partial charge in [0.05, 0.1) is 26.1 Å². The zero-order valence-corrected chi connectivity index (χ0v) is 15.4. The predicted molar refractivity (Wildman–Crippen MR) is 106 cm³/mol. The number of ether oxygens (including phenoxy) is 2. The Morgan fingerprint density at radius 1 is 0.963 bits per heavy atom. The molecule has 0 unspecified atom stereocenters. The van der Waals surface area contributed by atoms with Gasteiger partial charge in [-0.3, -0.25) is 4.79 Å². The SMILES string of the molecule is COc1ccc(C(=O)Nc2ccc(Nc3ccccc3C)cn2)cc1OC. The second-order valence-electron chi connectivity index (χ2n) is 5.90. The van der Waals surface area contributed by atoms with E-state index in [9.17, 15) is 4.79 Å². The summed E-state index contributed by atoms with van der Waals surface area (Å²) in [5.41, 5.74) is 3.45. The van der Waals surface area contributed by atoms with Gasteiger partial charge in [-0.1, -0.05) is 18.2 Å². The van der Waals surface area contributed by atoms with E-state index < -0.39 is 0 Å². The van der Waals surface area contributed by atoms with Crippen LogP contribution in [-0.2, 0) is 0 Å². The fourth-order valence-electron chi connectivity index (χ4n) is 2.58. The Hall–Kier alpha value is -3.54. The highest BCUT2D eigenvalue weighted by Crippen LogP contribution is 2.28. The van der Waals surface area contributed by atoms with Crippen molar-refractivity contribution in [3.63, 3.8) is 0 Å². The van der Waals surface area contributed by atoms with Gasteiger partial charge >= 0.3 is 0 Å². The summed E-state index contributed by atoms with van der Waals surface area (Å²) in [5, 5.41) is 6.08. The third-order valence-corrected chi connectivity index (χ3v) is 4.07. The standard InChI is InChI=1S/C21H21N3O3/c1-14-6-4-5-7-17(14)23-16-9-11-20(22-13-16)24-21(25)15-8-10-18(26-2)19(12-15)27-3/h4-13,23H,1-3H3,(H,22,24,25). The molecule has 0 radical (unpaired) electrons. The number of carbonyl (C=O) groups excluding carboxylic acids is 1. The number of nitrogens with one attached hydrogen (secondary N) is 2. The minimum Gasteiger partial charge on any atom is -0.493 e. The van der Waals surface area contributed by atoms with E-state index in [-0.39, 0.29) is 5.91 Å². The van der Waals surface area contributed by atoms with Crippen LogP contribution in [0.25, 0.3) is 0 Å². The Kier molecular flexibility index (Phi) is 5.56. The molecule has 0 saturated heterocycles. The van der Waals surface area contributed by atoms with Gasteiger partial charge in [-0.05, 0) is 48.9 Å². The van der Waals surface area contributed by atoms with E-state index in [1.54, 1.807) is 37.6 Å². The number of hydrogen-bond donors (Lipinski definition) is 2. The number of aromatic nitrogens is 1. The quantitative estimate of drug-likeness (QED) is 0.679. The van der Waals surface area contributed by atoms with Crippen molar-refractivity contribution in [3.8, 4) is 11.5 Å². The van der Waals surface area contributed by atoms with Gasteiger partial charge in [-0.15, -0.1) is 0 Å². The molecule has 0 aliphatic rings. The molecule has 1 heterocycles. The van der Waals surface area contributed by atoms with Gasteiger partial charge < -0.3 is 20.1 Å². The second-order valence-corrected chi connectivity index (χ2v) is 5.90. The van der Waals surface area contributed by atoms with E-state index in [4.69, 9.17) is 9.47 Å². The van der Waals surface area contributed by atoms with Gasteiger partial charge in [-0.25, -0.2) is 4.98 Å². The fraction of sp³-hybridized carbons (Fsp3) is 0.143. The van der Waals surface area contributed by atoms with Gasteiger partial charge in [0.1, 0.15) is 5.82 Å². The van der Waals surface area contributed by atoms with E-state index in [0.29, 0.717) is 22.9 Å². The van der Waals surface area contributed by atoms with Crippen molar-refractivity contribution < 1.29 is 14.3 Å². The molecular formula is C21H21N3O3. The molecule has 1 aromatic heterocycles.